The van der Waals surface area contributed by atoms with Gasteiger partial charge >= 0.3 is 0 Å². The van der Waals surface area contributed by atoms with Crippen LogP contribution < -0.4 is 5.73 Å². The van der Waals surface area contributed by atoms with E-state index in [1.165, 1.54) is 12.1 Å². The van der Waals surface area contributed by atoms with Crippen molar-refractivity contribution in [3.63, 3.8) is 0 Å². The third-order valence-electron chi connectivity index (χ3n) is 1.64. The highest BCUT2D eigenvalue weighted by Gasteiger charge is 2.21. The van der Waals surface area contributed by atoms with Crippen molar-refractivity contribution in [3.8, 4) is 0 Å². The molecule has 12 heavy (non-hydrogen) atoms. The number of rotatable bonds is 2. The van der Waals surface area contributed by atoms with Crippen LogP contribution in [-0.2, 0) is 5.54 Å². The summed E-state index contributed by atoms with van der Waals surface area (Å²) in [5.74, 6) is -0.410. The lowest BCUT2D eigenvalue weighted by molar-refractivity contribution is 0.206. The molecule has 0 saturated carbocycles. The summed E-state index contributed by atoms with van der Waals surface area (Å²) in [5.41, 5.74) is 5.24. The standard InChI is InChI=1S/C8H11FN2O/c1-8(10,5-12)7-3-2-6(9)4-11-7/h2-4,12H,5,10H2,1H3. The maximum Gasteiger partial charge on any atom is 0.141 e. The number of aliphatic hydroxyl groups is 1. The zero-order valence-electron chi connectivity index (χ0n) is 6.79. The van der Waals surface area contributed by atoms with E-state index < -0.39 is 11.4 Å². The van der Waals surface area contributed by atoms with Crippen molar-refractivity contribution < 1.29 is 9.50 Å². The van der Waals surface area contributed by atoms with Gasteiger partial charge in [0.25, 0.3) is 0 Å². The number of hydrogen-bond acceptors (Lipinski definition) is 3. The molecule has 0 aliphatic carbocycles. The fourth-order valence-electron chi connectivity index (χ4n) is 0.795. The number of aliphatic hydroxyl groups excluding tert-OH is 1. The Hall–Kier alpha value is -1.00. The maximum atomic E-state index is 12.4. The monoisotopic (exact) mass is 170 g/mol. The topological polar surface area (TPSA) is 59.1 Å². The van der Waals surface area contributed by atoms with Gasteiger partial charge < -0.3 is 10.8 Å². The summed E-state index contributed by atoms with van der Waals surface area (Å²) in [6, 6.07) is 2.73. The van der Waals surface area contributed by atoms with Gasteiger partial charge in [-0.1, -0.05) is 0 Å². The minimum atomic E-state index is -0.895. The van der Waals surface area contributed by atoms with Crippen LogP contribution in [-0.4, -0.2) is 16.7 Å². The second-order valence-corrected chi connectivity index (χ2v) is 2.94. The number of aromatic nitrogens is 1. The summed E-state index contributed by atoms with van der Waals surface area (Å²) in [4.78, 5) is 3.76. The molecule has 1 unspecified atom stereocenters. The molecule has 0 amide bonds. The molecule has 1 rings (SSSR count). The molecule has 0 aromatic carbocycles. The van der Waals surface area contributed by atoms with Gasteiger partial charge in [0.05, 0.1) is 24.0 Å². The Kier molecular flexibility index (Phi) is 2.40. The summed E-state index contributed by atoms with van der Waals surface area (Å²) < 4.78 is 12.4. The molecule has 1 aromatic rings. The summed E-state index contributed by atoms with van der Waals surface area (Å²) in [6.07, 6.45) is 1.08. The molecule has 0 aliphatic heterocycles. The van der Waals surface area contributed by atoms with E-state index in [2.05, 4.69) is 4.98 Å². The molecule has 1 heterocycles. The summed E-state index contributed by atoms with van der Waals surface area (Å²) in [7, 11) is 0. The SMILES string of the molecule is CC(N)(CO)c1ccc(F)cn1. The van der Waals surface area contributed by atoms with E-state index >= 15 is 0 Å². The van der Waals surface area contributed by atoms with Crippen molar-refractivity contribution in [2.75, 3.05) is 6.61 Å². The molecule has 3 nitrogen and oxygen atoms in total. The fraction of sp³-hybridized carbons (Fsp3) is 0.375. The number of nitrogens with two attached hydrogens (primary N) is 1. The third kappa shape index (κ3) is 1.78. The highest BCUT2D eigenvalue weighted by atomic mass is 19.1. The van der Waals surface area contributed by atoms with Crippen LogP contribution in [0.4, 0.5) is 4.39 Å². The molecule has 0 aliphatic rings. The minimum Gasteiger partial charge on any atom is -0.394 e. The first-order chi connectivity index (χ1) is 5.56. The van der Waals surface area contributed by atoms with Crippen LogP contribution in [0.3, 0.4) is 0 Å². The molecule has 0 spiro atoms. The molecular formula is C8H11FN2O. The van der Waals surface area contributed by atoms with Crippen LogP contribution >= 0.6 is 0 Å². The van der Waals surface area contributed by atoms with Crippen LogP contribution in [0, 0.1) is 5.82 Å². The number of hydrogen-bond donors (Lipinski definition) is 2. The number of pyridine rings is 1. The molecule has 4 heteroatoms. The molecule has 1 atom stereocenters. The van der Waals surface area contributed by atoms with Crippen molar-refractivity contribution >= 4 is 0 Å². The largest absolute Gasteiger partial charge is 0.394 e. The Morgan fingerprint density at radius 2 is 2.33 bits per heavy atom. The molecular weight excluding hydrogens is 159 g/mol. The van der Waals surface area contributed by atoms with Crippen LogP contribution in [0.2, 0.25) is 0 Å². The van der Waals surface area contributed by atoms with E-state index in [1.54, 1.807) is 6.92 Å². The van der Waals surface area contributed by atoms with E-state index in [-0.39, 0.29) is 6.61 Å². The van der Waals surface area contributed by atoms with Crippen molar-refractivity contribution in [2.45, 2.75) is 12.5 Å². The lowest BCUT2D eigenvalue weighted by Gasteiger charge is -2.20. The molecule has 3 N–H and O–H groups in total. The summed E-state index contributed by atoms with van der Waals surface area (Å²) in [6.45, 7) is 1.42. The Bertz CT molecular complexity index is 258. The van der Waals surface area contributed by atoms with Gasteiger partial charge in [-0.25, -0.2) is 4.39 Å². The smallest absolute Gasteiger partial charge is 0.141 e. The van der Waals surface area contributed by atoms with E-state index in [0.717, 1.165) is 6.20 Å². The van der Waals surface area contributed by atoms with Gasteiger partial charge in [-0.15, -0.1) is 0 Å². The van der Waals surface area contributed by atoms with Gasteiger partial charge in [0.15, 0.2) is 0 Å². The normalized spacial score (nSPS) is 15.7. The highest BCUT2D eigenvalue weighted by molar-refractivity contribution is 5.14. The second-order valence-electron chi connectivity index (χ2n) is 2.94. The molecule has 0 fully saturated rings. The van der Waals surface area contributed by atoms with Gasteiger partial charge in [-0.3, -0.25) is 4.98 Å². The minimum absolute atomic E-state index is 0.217. The number of halogens is 1. The Morgan fingerprint density at radius 3 is 2.75 bits per heavy atom. The average Bonchev–Trinajstić information content (AvgIpc) is 2.05. The van der Waals surface area contributed by atoms with Gasteiger partial charge in [0, 0.05) is 0 Å². The Balaban J connectivity index is 2.96. The average molecular weight is 170 g/mol. The van der Waals surface area contributed by atoms with Gasteiger partial charge in [-0.2, -0.15) is 0 Å². The van der Waals surface area contributed by atoms with Crippen LogP contribution in [0.5, 0.6) is 0 Å². The first-order valence-corrected chi connectivity index (χ1v) is 3.58. The van der Waals surface area contributed by atoms with Gasteiger partial charge in [0.1, 0.15) is 5.82 Å². The summed E-state index contributed by atoms with van der Waals surface area (Å²) in [5, 5.41) is 8.86. The zero-order valence-corrected chi connectivity index (χ0v) is 6.79. The quantitative estimate of drug-likeness (QED) is 0.674. The van der Waals surface area contributed by atoms with Crippen LogP contribution in [0.1, 0.15) is 12.6 Å². The molecule has 0 bridgehead atoms. The first-order valence-electron chi connectivity index (χ1n) is 3.58. The highest BCUT2D eigenvalue weighted by Crippen LogP contribution is 2.13. The van der Waals surface area contributed by atoms with E-state index in [4.69, 9.17) is 10.8 Å². The number of nitrogens with zero attached hydrogens (tertiary/aromatic N) is 1. The lowest BCUT2D eigenvalue weighted by atomic mass is 10.0. The van der Waals surface area contributed by atoms with Gasteiger partial charge in [0.2, 0.25) is 0 Å². The fourth-order valence-corrected chi connectivity index (χ4v) is 0.795. The second kappa shape index (κ2) is 3.16. The Labute approximate surface area is 70.0 Å². The van der Waals surface area contributed by atoms with Crippen molar-refractivity contribution in [3.05, 3.63) is 29.8 Å². The summed E-state index contributed by atoms with van der Waals surface area (Å²) >= 11 is 0. The van der Waals surface area contributed by atoms with E-state index in [1.807, 2.05) is 0 Å². The maximum absolute atomic E-state index is 12.4. The third-order valence-corrected chi connectivity index (χ3v) is 1.64. The first kappa shape index (κ1) is 9.09. The van der Waals surface area contributed by atoms with E-state index in [9.17, 15) is 4.39 Å². The van der Waals surface area contributed by atoms with E-state index in [0.29, 0.717) is 5.69 Å². The molecule has 0 radical (unpaired) electrons. The zero-order chi connectivity index (χ0) is 9.19. The molecule has 0 saturated heterocycles. The van der Waals surface area contributed by atoms with Crippen molar-refractivity contribution in [1.82, 2.24) is 4.98 Å². The molecule has 1 aromatic heterocycles. The van der Waals surface area contributed by atoms with Crippen molar-refractivity contribution in [1.29, 1.82) is 0 Å². The van der Waals surface area contributed by atoms with Gasteiger partial charge in [-0.05, 0) is 19.1 Å². The lowest BCUT2D eigenvalue weighted by Crippen LogP contribution is -2.37. The Morgan fingerprint density at radius 1 is 1.67 bits per heavy atom. The molecule has 66 valence electrons. The predicted molar refractivity (Wildman–Crippen MR) is 42.8 cm³/mol. The van der Waals surface area contributed by atoms with Crippen LogP contribution in [0.15, 0.2) is 18.3 Å². The van der Waals surface area contributed by atoms with Crippen LogP contribution in [0.25, 0.3) is 0 Å². The van der Waals surface area contributed by atoms with Crippen molar-refractivity contribution in [2.24, 2.45) is 5.73 Å². The predicted octanol–water partition coefficient (Wildman–Crippen LogP) is 0.387.